The lowest BCUT2D eigenvalue weighted by molar-refractivity contribution is 0.0977. The number of ether oxygens (including phenoxy) is 3. The van der Waals surface area contributed by atoms with Gasteiger partial charge in [-0.25, -0.2) is 0 Å². The summed E-state index contributed by atoms with van der Waals surface area (Å²) in [5.74, 6) is 1.79. The van der Waals surface area contributed by atoms with Gasteiger partial charge in [0.1, 0.15) is 30.5 Å². The topological polar surface area (TPSA) is 68.8 Å². The Bertz CT molecular complexity index is 1020. The van der Waals surface area contributed by atoms with Crippen LogP contribution in [0.5, 0.6) is 17.2 Å². The molecule has 2 N–H and O–H groups in total. The molecule has 0 radical (unpaired) electrons. The van der Waals surface area contributed by atoms with Gasteiger partial charge in [-0.3, -0.25) is 10.1 Å². The highest BCUT2D eigenvalue weighted by Crippen LogP contribution is 2.23. The first-order chi connectivity index (χ1) is 15.5. The van der Waals surface area contributed by atoms with Crippen LogP contribution in [0.4, 0.5) is 5.69 Å². The SMILES string of the molecule is CC(C)Oc1ccc(C(=O)NC(=S)Nc2ccccc2OCCOc2ccccc2)cc1. The molecule has 3 rings (SSSR count). The summed E-state index contributed by atoms with van der Waals surface area (Å²) in [6.07, 6.45) is 0.0682. The average Bonchev–Trinajstić information content (AvgIpc) is 2.78. The summed E-state index contributed by atoms with van der Waals surface area (Å²) in [5.41, 5.74) is 1.13. The van der Waals surface area contributed by atoms with Crippen LogP contribution >= 0.6 is 12.2 Å². The molecule has 7 heteroatoms. The van der Waals surface area contributed by atoms with Gasteiger partial charge in [0.05, 0.1) is 11.8 Å². The van der Waals surface area contributed by atoms with Gasteiger partial charge in [-0.2, -0.15) is 0 Å². The van der Waals surface area contributed by atoms with E-state index >= 15 is 0 Å². The number of thiocarbonyl (C=S) groups is 1. The van der Waals surface area contributed by atoms with Crippen molar-refractivity contribution in [2.45, 2.75) is 20.0 Å². The van der Waals surface area contributed by atoms with E-state index in [1.807, 2.05) is 68.4 Å². The highest BCUT2D eigenvalue weighted by molar-refractivity contribution is 7.80. The molecule has 0 unspecified atom stereocenters. The van der Waals surface area contributed by atoms with Crippen molar-refractivity contribution >= 4 is 28.9 Å². The van der Waals surface area contributed by atoms with Crippen molar-refractivity contribution in [3.05, 3.63) is 84.4 Å². The molecule has 0 atom stereocenters. The third kappa shape index (κ3) is 7.28. The molecule has 0 heterocycles. The second-order valence-corrected chi connectivity index (χ2v) is 7.51. The molecule has 0 fully saturated rings. The number of hydrogen-bond acceptors (Lipinski definition) is 5. The summed E-state index contributed by atoms with van der Waals surface area (Å²) in [7, 11) is 0. The van der Waals surface area contributed by atoms with Crippen LogP contribution in [-0.4, -0.2) is 30.3 Å². The van der Waals surface area contributed by atoms with E-state index in [9.17, 15) is 4.79 Å². The van der Waals surface area contributed by atoms with E-state index in [-0.39, 0.29) is 17.1 Å². The Kier molecular flexibility index (Phi) is 8.45. The zero-order valence-electron chi connectivity index (χ0n) is 18.0. The number of carbonyl (C=O) groups is 1. The maximum Gasteiger partial charge on any atom is 0.257 e. The summed E-state index contributed by atoms with van der Waals surface area (Å²) in [4.78, 5) is 12.5. The van der Waals surface area contributed by atoms with Gasteiger partial charge in [0, 0.05) is 5.56 Å². The number of para-hydroxylation sites is 3. The van der Waals surface area contributed by atoms with Gasteiger partial charge >= 0.3 is 0 Å². The van der Waals surface area contributed by atoms with E-state index in [4.69, 9.17) is 26.4 Å². The first-order valence-corrected chi connectivity index (χ1v) is 10.7. The van der Waals surface area contributed by atoms with Crippen LogP contribution in [0.25, 0.3) is 0 Å². The number of amides is 1. The molecule has 3 aromatic rings. The standard InChI is InChI=1S/C25H26N2O4S/c1-18(2)31-21-14-12-19(13-15-21)24(28)27-25(32)26-22-10-6-7-11-23(22)30-17-16-29-20-8-4-3-5-9-20/h3-15,18H,16-17H2,1-2H3,(H2,26,27,28,32). The number of benzene rings is 3. The minimum absolute atomic E-state index is 0.0682. The molecule has 0 aliphatic rings. The summed E-state index contributed by atoms with van der Waals surface area (Å²) >= 11 is 5.31. The zero-order valence-corrected chi connectivity index (χ0v) is 18.9. The normalized spacial score (nSPS) is 10.3. The number of carbonyl (C=O) groups excluding carboxylic acids is 1. The van der Waals surface area contributed by atoms with Crippen LogP contribution in [-0.2, 0) is 0 Å². The molecule has 0 saturated heterocycles. The molecular weight excluding hydrogens is 424 g/mol. The van der Waals surface area contributed by atoms with E-state index in [0.717, 1.165) is 5.75 Å². The van der Waals surface area contributed by atoms with Crippen LogP contribution in [0, 0.1) is 0 Å². The van der Waals surface area contributed by atoms with Gasteiger partial charge < -0.3 is 19.5 Å². The molecule has 0 aliphatic carbocycles. The quantitative estimate of drug-likeness (QED) is 0.351. The first kappa shape index (κ1) is 23.1. The van der Waals surface area contributed by atoms with E-state index in [0.29, 0.717) is 36.0 Å². The second kappa shape index (κ2) is 11.7. The van der Waals surface area contributed by atoms with E-state index in [1.54, 1.807) is 24.3 Å². The summed E-state index contributed by atoms with van der Waals surface area (Å²) in [6.45, 7) is 4.65. The Morgan fingerprint density at radius 3 is 2.22 bits per heavy atom. The summed E-state index contributed by atoms with van der Waals surface area (Å²) < 4.78 is 17.1. The van der Waals surface area contributed by atoms with Gasteiger partial charge in [0.25, 0.3) is 5.91 Å². The lowest BCUT2D eigenvalue weighted by atomic mass is 10.2. The third-order valence-corrected chi connectivity index (χ3v) is 4.41. The predicted octanol–water partition coefficient (Wildman–Crippen LogP) is 5.06. The third-order valence-electron chi connectivity index (χ3n) is 4.20. The van der Waals surface area contributed by atoms with Gasteiger partial charge in [-0.1, -0.05) is 30.3 Å². The fourth-order valence-electron chi connectivity index (χ4n) is 2.81. The average molecular weight is 451 g/mol. The fourth-order valence-corrected chi connectivity index (χ4v) is 3.01. The number of hydrogen-bond donors (Lipinski definition) is 2. The van der Waals surface area contributed by atoms with E-state index < -0.39 is 0 Å². The fraction of sp³-hybridized carbons (Fsp3) is 0.200. The van der Waals surface area contributed by atoms with Gasteiger partial charge in [0.2, 0.25) is 0 Å². The zero-order chi connectivity index (χ0) is 22.8. The summed E-state index contributed by atoms with van der Waals surface area (Å²) in [6, 6.07) is 23.8. The number of anilines is 1. The smallest absolute Gasteiger partial charge is 0.257 e. The minimum Gasteiger partial charge on any atom is -0.491 e. The molecule has 0 saturated carbocycles. The Hall–Kier alpha value is -3.58. The minimum atomic E-state index is -0.312. The van der Waals surface area contributed by atoms with Crippen molar-refractivity contribution < 1.29 is 19.0 Å². The molecule has 3 aromatic carbocycles. The Labute approximate surface area is 193 Å². The highest BCUT2D eigenvalue weighted by atomic mass is 32.1. The summed E-state index contributed by atoms with van der Waals surface area (Å²) in [5, 5.41) is 5.87. The van der Waals surface area contributed by atoms with Gasteiger partial charge in [-0.05, 0) is 74.6 Å². The number of rotatable bonds is 9. The monoisotopic (exact) mass is 450 g/mol. The maximum atomic E-state index is 12.5. The van der Waals surface area contributed by atoms with Gasteiger partial charge in [-0.15, -0.1) is 0 Å². The van der Waals surface area contributed by atoms with Crippen LogP contribution in [0.15, 0.2) is 78.9 Å². The molecule has 0 spiro atoms. The van der Waals surface area contributed by atoms with Crippen molar-refractivity contribution in [1.82, 2.24) is 5.32 Å². The molecule has 0 aromatic heterocycles. The largest absolute Gasteiger partial charge is 0.491 e. The molecule has 1 amide bonds. The lowest BCUT2D eigenvalue weighted by Gasteiger charge is -2.15. The molecule has 166 valence electrons. The van der Waals surface area contributed by atoms with Crippen molar-refractivity contribution in [2.24, 2.45) is 0 Å². The van der Waals surface area contributed by atoms with E-state index in [1.165, 1.54) is 0 Å². The number of nitrogens with one attached hydrogen (secondary N) is 2. The van der Waals surface area contributed by atoms with E-state index in [2.05, 4.69) is 10.6 Å². The first-order valence-electron chi connectivity index (χ1n) is 10.3. The van der Waals surface area contributed by atoms with Crippen molar-refractivity contribution in [1.29, 1.82) is 0 Å². The second-order valence-electron chi connectivity index (χ2n) is 7.11. The molecule has 6 nitrogen and oxygen atoms in total. The lowest BCUT2D eigenvalue weighted by Crippen LogP contribution is -2.34. The molecule has 0 aliphatic heterocycles. The van der Waals surface area contributed by atoms with Crippen molar-refractivity contribution in [3.8, 4) is 17.2 Å². The van der Waals surface area contributed by atoms with Crippen LogP contribution in [0.2, 0.25) is 0 Å². The maximum absolute atomic E-state index is 12.5. The highest BCUT2D eigenvalue weighted by Gasteiger charge is 2.11. The molecule has 0 bridgehead atoms. The molecular formula is C25H26N2O4S. The van der Waals surface area contributed by atoms with Gasteiger partial charge in [0.15, 0.2) is 5.11 Å². The van der Waals surface area contributed by atoms with Crippen LogP contribution < -0.4 is 24.8 Å². The predicted molar refractivity (Wildman–Crippen MR) is 130 cm³/mol. The Morgan fingerprint density at radius 2 is 1.50 bits per heavy atom. The van der Waals surface area contributed by atoms with Crippen LogP contribution in [0.1, 0.15) is 24.2 Å². The Morgan fingerprint density at radius 1 is 0.844 bits per heavy atom. The van der Waals surface area contributed by atoms with Crippen molar-refractivity contribution in [2.75, 3.05) is 18.5 Å². The Balaban J connectivity index is 1.50. The van der Waals surface area contributed by atoms with Crippen molar-refractivity contribution in [3.63, 3.8) is 0 Å². The molecule has 32 heavy (non-hydrogen) atoms. The van der Waals surface area contributed by atoms with Crippen LogP contribution in [0.3, 0.4) is 0 Å².